The summed E-state index contributed by atoms with van der Waals surface area (Å²) in [5, 5.41) is 4.60. The van der Waals surface area contributed by atoms with Crippen LogP contribution in [0.4, 0.5) is 4.79 Å². The number of H-pyrrole nitrogens is 1. The van der Waals surface area contributed by atoms with Gasteiger partial charge in [-0.1, -0.05) is 30.3 Å². The molecule has 0 aliphatic rings. The molecule has 0 aliphatic heterocycles. The molecule has 1 aromatic carbocycles. The molecule has 9 heteroatoms. The first-order valence-electron chi connectivity index (χ1n) is 9.50. The van der Waals surface area contributed by atoms with Gasteiger partial charge in [-0.3, -0.25) is 10.1 Å². The van der Waals surface area contributed by atoms with Gasteiger partial charge >= 0.3 is 18.0 Å². The summed E-state index contributed by atoms with van der Waals surface area (Å²) in [5.74, 6) is -2.20. The minimum atomic E-state index is -1.36. The fraction of sp³-hybridized carbons (Fsp3) is 0.333. The van der Waals surface area contributed by atoms with Crippen LogP contribution in [0.15, 0.2) is 30.3 Å². The number of amides is 3. The molecule has 3 amide bonds. The molecule has 30 heavy (non-hydrogen) atoms. The summed E-state index contributed by atoms with van der Waals surface area (Å²) < 4.78 is 10.5. The summed E-state index contributed by atoms with van der Waals surface area (Å²) in [6, 6.07) is 7.63. The second kappa shape index (κ2) is 10.2. The lowest BCUT2D eigenvalue weighted by Gasteiger charge is -2.18. The first kappa shape index (κ1) is 22.7. The highest BCUT2D eigenvalue weighted by Gasteiger charge is 2.30. The number of rotatable bonds is 7. The molecule has 3 N–H and O–H groups in total. The van der Waals surface area contributed by atoms with Crippen LogP contribution in [-0.4, -0.2) is 42.0 Å². The predicted octanol–water partition coefficient (Wildman–Crippen LogP) is 2.55. The van der Waals surface area contributed by atoms with Crippen molar-refractivity contribution in [3.8, 4) is 0 Å². The number of ether oxygens (including phenoxy) is 2. The largest absolute Gasteiger partial charge is 0.461 e. The van der Waals surface area contributed by atoms with E-state index in [0.29, 0.717) is 23.4 Å². The minimum Gasteiger partial charge on any atom is -0.461 e. The van der Waals surface area contributed by atoms with Crippen molar-refractivity contribution >= 4 is 23.9 Å². The van der Waals surface area contributed by atoms with Gasteiger partial charge in [0.1, 0.15) is 5.69 Å². The van der Waals surface area contributed by atoms with Gasteiger partial charge in [-0.2, -0.15) is 0 Å². The van der Waals surface area contributed by atoms with Crippen LogP contribution in [0.1, 0.15) is 57.6 Å². The van der Waals surface area contributed by atoms with E-state index in [-0.39, 0.29) is 17.9 Å². The van der Waals surface area contributed by atoms with E-state index < -0.39 is 30.0 Å². The van der Waals surface area contributed by atoms with Crippen molar-refractivity contribution in [1.82, 2.24) is 15.6 Å². The minimum absolute atomic E-state index is 0.129. The molecule has 0 unspecified atom stereocenters. The van der Waals surface area contributed by atoms with Crippen molar-refractivity contribution in [3.05, 3.63) is 58.4 Å². The average molecular weight is 415 g/mol. The molecule has 1 atom stereocenters. The molecule has 0 bridgehead atoms. The van der Waals surface area contributed by atoms with Crippen molar-refractivity contribution in [2.75, 3.05) is 13.2 Å². The van der Waals surface area contributed by atoms with Gasteiger partial charge in [0.15, 0.2) is 0 Å². The summed E-state index contributed by atoms with van der Waals surface area (Å²) in [6.45, 7) is 7.09. The second-order valence-corrected chi connectivity index (χ2v) is 6.39. The van der Waals surface area contributed by atoms with E-state index >= 15 is 0 Å². The standard InChI is InChI=1S/C21H25N3O6/c1-5-22-21(28)24-18(25)17(14-10-8-7-9-11-14)30-19(26)15-12(3)16(23-13(15)4)20(27)29-6-2/h7-11,17,23H,5-6H2,1-4H3,(H2,22,24,25,28)/t17-/m1/s1. The van der Waals surface area contributed by atoms with E-state index in [0.717, 1.165) is 0 Å². The zero-order valence-electron chi connectivity index (χ0n) is 17.3. The molecule has 9 nitrogen and oxygen atoms in total. The van der Waals surface area contributed by atoms with Crippen molar-refractivity contribution in [3.63, 3.8) is 0 Å². The highest BCUT2D eigenvalue weighted by Crippen LogP contribution is 2.24. The quantitative estimate of drug-likeness (QED) is 0.597. The summed E-state index contributed by atoms with van der Waals surface area (Å²) in [5.41, 5.74) is 1.42. The van der Waals surface area contributed by atoms with Crippen LogP contribution in [0.2, 0.25) is 0 Å². The molecule has 0 aliphatic carbocycles. The summed E-state index contributed by atoms with van der Waals surface area (Å²) in [7, 11) is 0. The molecule has 0 saturated heterocycles. The first-order chi connectivity index (χ1) is 14.3. The van der Waals surface area contributed by atoms with Crippen molar-refractivity contribution in [2.45, 2.75) is 33.8 Å². The van der Waals surface area contributed by atoms with E-state index in [1.165, 1.54) is 0 Å². The normalized spacial score (nSPS) is 11.3. The molecule has 1 aromatic heterocycles. The van der Waals surface area contributed by atoms with E-state index in [2.05, 4.69) is 15.6 Å². The molecule has 0 fully saturated rings. The van der Waals surface area contributed by atoms with Crippen LogP contribution >= 0.6 is 0 Å². The number of aromatic amines is 1. The Bertz CT molecular complexity index is 936. The number of hydrogen-bond donors (Lipinski definition) is 3. The number of aryl methyl sites for hydroxylation is 1. The molecular weight excluding hydrogens is 390 g/mol. The number of urea groups is 1. The monoisotopic (exact) mass is 415 g/mol. The van der Waals surface area contributed by atoms with E-state index in [1.54, 1.807) is 58.0 Å². The Morgan fingerprint density at radius 2 is 1.70 bits per heavy atom. The fourth-order valence-electron chi connectivity index (χ4n) is 2.91. The lowest BCUT2D eigenvalue weighted by Crippen LogP contribution is -2.42. The van der Waals surface area contributed by atoms with Crippen LogP contribution < -0.4 is 10.6 Å². The van der Waals surface area contributed by atoms with Crippen LogP contribution in [0.25, 0.3) is 0 Å². The number of benzene rings is 1. The maximum Gasteiger partial charge on any atom is 0.355 e. The Morgan fingerprint density at radius 3 is 2.30 bits per heavy atom. The number of nitrogens with one attached hydrogen (secondary N) is 3. The highest BCUT2D eigenvalue weighted by molar-refractivity contribution is 6.01. The number of aromatic nitrogens is 1. The van der Waals surface area contributed by atoms with Crippen LogP contribution in [0.3, 0.4) is 0 Å². The summed E-state index contributed by atoms with van der Waals surface area (Å²) in [4.78, 5) is 52.2. The number of imide groups is 1. The van der Waals surface area contributed by atoms with Crippen LogP contribution in [-0.2, 0) is 14.3 Å². The summed E-state index contributed by atoms with van der Waals surface area (Å²) in [6.07, 6.45) is -1.36. The van der Waals surface area contributed by atoms with Gasteiger partial charge in [-0.05, 0) is 33.3 Å². The number of carbonyl (C=O) groups excluding carboxylic acids is 4. The Balaban J connectivity index is 2.32. The maximum atomic E-state index is 12.9. The summed E-state index contributed by atoms with van der Waals surface area (Å²) >= 11 is 0. The van der Waals surface area contributed by atoms with Gasteiger partial charge in [0.2, 0.25) is 6.10 Å². The third-order valence-electron chi connectivity index (χ3n) is 4.26. The fourth-order valence-corrected chi connectivity index (χ4v) is 2.91. The van der Waals surface area contributed by atoms with E-state index in [9.17, 15) is 19.2 Å². The lowest BCUT2D eigenvalue weighted by atomic mass is 10.1. The lowest BCUT2D eigenvalue weighted by molar-refractivity contribution is -0.129. The molecule has 160 valence electrons. The predicted molar refractivity (Wildman–Crippen MR) is 108 cm³/mol. The zero-order chi connectivity index (χ0) is 22.3. The molecular formula is C21H25N3O6. The average Bonchev–Trinajstić information content (AvgIpc) is 3.01. The molecule has 1 heterocycles. The van der Waals surface area contributed by atoms with E-state index in [1.807, 2.05) is 0 Å². The SMILES string of the molecule is CCNC(=O)NC(=O)[C@H](OC(=O)c1c(C)[nH]c(C(=O)OCC)c1C)c1ccccc1. The van der Waals surface area contributed by atoms with Crippen molar-refractivity contribution < 1.29 is 28.7 Å². The smallest absolute Gasteiger partial charge is 0.355 e. The number of hydrogen-bond acceptors (Lipinski definition) is 6. The Labute approximate surface area is 174 Å². The third kappa shape index (κ3) is 5.25. The van der Waals surface area contributed by atoms with Gasteiger partial charge in [-0.25, -0.2) is 14.4 Å². The maximum absolute atomic E-state index is 12.9. The second-order valence-electron chi connectivity index (χ2n) is 6.39. The molecule has 0 radical (unpaired) electrons. The molecule has 0 saturated carbocycles. The van der Waals surface area contributed by atoms with Gasteiger partial charge in [0.05, 0.1) is 12.2 Å². The number of carbonyl (C=O) groups is 4. The topological polar surface area (TPSA) is 127 Å². The third-order valence-corrected chi connectivity index (χ3v) is 4.26. The van der Waals surface area contributed by atoms with Crippen molar-refractivity contribution in [2.24, 2.45) is 0 Å². The Hall–Kier alpha value is -3.62. The molecule has 2 aromatic rings. The van der Waals surface area contributed by atoms with Crippen LogP contribution in [0.5, 0.6) is 0 Å². The van der Waals surface area contributed by atoms with Gasteiger partial charge in [0.25, 0.3) is 5.91 Å². The van der Waals surface area contributed by atoms with Gasteiger partial charge in [0, 0.05) is 17.8 Å². The number of esters is 2. The van der Waals surface area contributed by atoms with E-state index in [4.69, 9.17) is 9.47 Å². The van der Waals surface area contributed by atoms with Crippen molar-refractivity contribution in [1.29, 1.82) is 0 Å². The molecule has 2 rings (SSSR count). The Morgan fingerprint density at radius 1 is 1.03 bits per heavy atom. The Kier molecular flexibility index (Phi) is 7.74. The van der Waals surface area contributed by atoms with Gasteiger partial charge < -0.3 is 19.8 Å². The zero-order valence-corrected chi connectivity index (χ0v) is 17.3. The van der Waals surface area contributed by atoms with Crippen LogP contribution in [0, 0.1) is 13.8 Å². The first-order valence-corrected chi connectivity index (χ1v) is 9.50. The molecule has 0 spiro atoms. The van der Waals surface area contributed by atoms with Gasteiger partial charge in [-0.15, -0.1) is 0 Å². The highest BCUT2D eigenvalue weighted by atomic mass is 16.5.